The number of aromatic amines is 1. The number of fused-ring (bicyclic) bond motifs is 2. The first-order chi connectivity index (χ1) is 18.2. The molecule has 1 aliphatic rings. The summed E-state index contributed by atoms with van der Waals surface area (Å²) in [5.41, 5.74) is 3.17. The summed E-state index contributed by atoms with van der Waals surface area (Å²) in [5, 5.41) is 29.5. The Kier molecular flexibility index (Phi) is 6.55. The lowest BCUT2D eigenvalue weighted by atomic mass is 9.98. The lowest BCUT2D eigenvalue weighted by molar-refractivity contribution is 0.188. The minimum absolute atomic E-state index is 0.227. The molecule has 0 amide bonds. The quantitative estimate of drug-likeness (QED) is 0.227. The Morgan fingerprint density at radius 2 is 2.16 bits per heavy atom. The smallest absolute Gasteiger partial charge is 0.247 e. The zero-order valence-electron chi connectivity index (χ0n) is 20.7. The van der Waals surface area contributed by atoms with Crippen LogP contribution in [0.3, 0.4) is 0 Å². The molecule has 4 heterocycles. The third-order valence-corrected chi connectivity index (χ3v) is 7.95. The highest BCUT2D eigenvalue weighted by molar-refractivity contribution is 7.19. The number of thiophene rings is 1. The second-order valence-electron chi connectivity index (χ2n) is 9.40. The molecule has 1 saturated heterocycles. The molecule has 1 atom stereocenters. The van der Waals surface area contributed by atoms with E-state index in [0.717, 1.165) is 61.2 Å². The maximum absolute atomic E-state index is 7.81. The molecule has 3 aromatic heterocycles. The molecule has 2 aromatic carbocycles. The summed E-state index contributed by atoms with van der Waals surface area (Å²) >= 11 is 1.88. The molecule has 0 bridgehead atoms. The third-order valence-electron chi connectivity index (χ3n) is 6.85. The maximum Gasteiger partial charge on any atom is 0.247 e. The summed E-state index contributed by atoms with van der Waals surface area (Å²) < 4.78 is 7.57. The molecule has 188 valence electrons. The number of nitrogens with zero attached hydrogens (tertiary/aromatic N) is 4. The fourth-order valence-corrected chi connectivity index (χ4v) is 6.12. The van der Waals surface area contributed by atoms with Gasteiger partial charge in [-0.15, -0.1) is 21.5 Å². The molecule has 8 nitrogen and oxygen atoms in total. The number of benzene rings is 2. The van der Waals surface area contributed by atoms with Gasteiger partial charge in [0.05, 0.1) is 11.4 Å². The van der Waals surface area contributed by atoms with Gasteiger partial charge in [0.1, 0.15) is 5.69 Å². The van der Waals surface area contributed by atoms with Crippen LogP contribution in [0.5, 0.6) is 0 Å². The summed E-state index contributed by atoms with van der Waals surface area (Å²) in [4.78, 5) is 3.90. The van der Waals surface area contributed by atoms with Crippen LogP contribution in [-0.2, 0) is 6.54 Å². The van der Waals surface area contributed by atoms with Crippen LogP contribution in [0, 0.1) is 5.41 Å². The predicted molar refractivity (Wildman–Crippen MR) is 149 cm³/mol. The first kappa shape index (κ1) is 23.6. The summed E-state index contributed by atoms with van der Waals surface area (Å²) in [6, 6.07) is 16.8. The van der Waals surface area contributed by atoms with E-state index in [-0.39, 0.29) is 5.92 Å². The molecular weight excluding hydrogens is 482 g/mol. The highest BCUT2D eigenvalue weighted by Crippen LogP contribution is 2.33. The molecular formula is C28H29N7OS. The zero-order chi connectivity index (χ0) is 25.2. The Hall–Kier alpha value is -3.82. The highest BCUT2D eigenvalue weighted by atomic mass is 32.1. The van der Waals surface area contributed by atoms with E-state index in [2.05, 4.69) is 60.9 Å². The van der Waals surface area contributed by atoms with Gasteiger partial charge in [0.25, 0.3) is 0 Å². The van der Waals surface area contributed by atoms with E-state index >= 15 is 0 Å². The van der Waals surface area contributed by atoms with Crippen LogP contribution in [-0.4, -0.2) is 51.1 Å². The summed E-state index contributed by atoms with van der Waals surface area (Å²) in [6.45, 7) is 5.74. The molecule has 0 spiro atoms. The van der Waals surface area contributed by atoms with E-state index in [1.807, 2.05) is 42.7 Å². The second-order valence-corrected chi connectivity index (χ2v) is 10.6. The van der Waals surface area contributed by atoms with Crippen LogP contribution in [0.1, 0.15) is 42.1 Å². The Morgan fingerprint density at radius 3 is 3.03 bits per heavy atom. The van der Waals surface area contributed by atoms with Crippen LogP contribution in [0.4, 0.5) is 0 Å². The van der Waals surface area contributed by atoms with Crippen molar-refractivity contribution in [3.05, 3.63) is 71.2 Å². The van der Waals surface area contributed by atoms with Crippen LogP contribution in [0.15, 0.2) is 59.1 Å². The molecule has 1 aliphatic heterocycles. The number of nitrogens with one attached hydrogen (secondary N) is 3. The topological polar surface area (TPSA) is 107 Å². The summed E-state index contributed by atoms with van der Waals surface area (Å²) in [6.07, 6.45) is 5.28. The Bertz CT molecular complexity index is 1550. The summed E-state index contributed by atoms with van der Waals surface area (Å²) in [5.74, 6) is 1.44. The molecule has 3 N–H and O–H groups in total. The normalized spacial score (nSPS) is 17.0. The zero-order valence-corrected chi connectivity index (χ0v) is 21.5. The van der Waals surface area contributed by atoms with E-state index in [0.29, 0.717) is 17.4 Å². The van der Waals surface area contributed by atoms with Crippen molar-refractivity contribution in [2.24, 2.45) is 0 Å². The van der Waals surface area contributed by atoms with Crippen LogP contribution < -0.4 is 5.32 Å². The van der Waals surface area contributed by atoms with Gasteiger partial charge in [-0.2, -0.15) is 5.10 Å². The Morgan fingerprint density at radius 1 is 1.24 bits per heavy atom. The average molecular weight is 512 g/mol. The van der Waals surface area contributed by atoms with Crippen molar-refractivity contribution in [1.29, 1.82) is 5.41 Å². The van der Waals surface area contributed by atoms with Gasteiger partial charge in [0, 0.05) is 58.1 Å². The molecule has 1 fully saturated rings. The minimum atomic E-state index is 0.227. The number of hydrogen-bond acceptors (Lipinski definition) is 8. The van der Waals surface area contributed by atoms with Crippen LogP contribution in [0.2, 0.25) is 0 Å². The van der Waals surface area contributed by atoms with Gasteiger partial charge < -0.3 is 15.1 Å². The second kappa shape index (κ2) is 10.3. The van der Waals surface area contributed by atoms with E-state index < -0.39 is 0 Å². The van der Waals surface area contributed by atoms with Gasteiger partial charge >= 0.3 is 0 Å². The third kappa shape index (κ3) is 4.80. The van der Waals surface area contributed by atoms with Crippen molar-refractivity contribution in [3.63, 3.8) is 0 Å². The summed E-state index contributed by atoms with van der Waals surface area (Å²) in [7, 11) is 0. The van der Waals surface area contributed by atoms with Gasteiger partial charge in [0.15, 0.2) is 0 Å². The number of rotatable bonds is 8. The number of likely N-dealkylation sites (tertiary alicyclic amines) is 1. The maximum atomic E-state index is 7.81. The standard InChI is InChI=1S/C28H29N7OS/c1-2-30-15-21(14-29)26-23-13-19(9-10-24(23)31-32-26)27-33-34-28(36-27)20-7-5-11-35(16-20)17-22-12-18-6-3-4-8-25(18)37-22/h3-4,6,8-10,12-15,20,29-30H,2,5,7,11,16-17H2,1H3,(H,31,32)/b21-15+,29-14?. The monoisotopic (exact) mass is 511 g/mol. The van der Waals surface area contributed by atoms with Gasteiger partial charge in [0.2, 0.25) is 11.8 Å². The average Bonchev–Trinajstić information content (AvgIpc) is 3.67. The lowest BCUT2D eigenvalue weighted by Crippen LogP contribution is -2.33. The SMILES string of the molecule is CCN/C=C(\C=N)c1n[nH]c2ccc(-c3nnc(C4CCCN(Cc5cc6ccccc6s5)C4)o3)cc12. The fraction of sp³-hybridized carbons (Fsp3) is 0.286. The van der Waals surface area contributed by atoms with Crippen molar-refractivity contribution in [2.45, 2.75) is 32.2 Å². The molecule has 6 rings (SSSR count). The van der Waals surface area contributed by atoms with E-state index in [9.17, 15) is 0 Å². The Labute approximate surface area is 218 Å². The first-order valence-electron chi connectivity index (χ1n) is 12.7. The van der Waals surface area contributed by atoms with Gasteiger partial charge in [-0.3, -0.25) is 10.00 Å². The molecule has 9 heteroatoms. The van der Waals surface area contributed by atoms with E-state index in [1.54, 1.807) is 0 Å². The molecule has 1 unspecified atom stereocenters. The van der Waals surface area contributed by atoms with E-state index in [1.165, 1.54) is 21.2 Å². The molecule has 0 radical (unpaired) electrons. The number of piperidine rings is 1. The number of aromatic nitrogens is 4. The van der Waals surface area contributed by atoms with Crippen LogP contribution in [0.25, 0.3) is 38.0 Å². The number of H-pyrrole nitrogens is 1. The number of allylic oxidation sites excluding steroid dienone is 1. The van der Waals surface area contributed by atoms with Crippen molar-refractivity contribution >= 4 is 44.1 Å². The minimum Gasteiger partial charge on any atom is -0.420 e. The highest BCUT2D eigenvalue weighted by Gasteiger charge is 2.26. The Balaban J connectivity index is 1.20. The van der Waals surface area contributed by atoms with Gasteiger partial charge in [-0.05, 0) is 62.0 Å². The van der Waals surface area contributed by atoms with Crippen molar-refractivity contribution in [1.82, 2.24) is 30.6 Å². The molecule has 0 saturated carbocycles. The largest absolute Gasteiger partial charge is 0.420 e. The van der Waals surface area contributed by atoms with Crippen molar-refractivity contribution in [2.75, 3.05) is 19.6 Å². The molecule has 37 heavy (non-hydrogen) atoms. The lowest BCUT2D eigenvalue weighted by Gasteiger charge is -2.30. The van der Waals surface area contributed by atoms with Gasteiger partial charge in [-0.25, -0.2) is 0 Å². The van der Waals surface area contributed by atoms with Crippen molar-refractivity contribution in [3.8, 4) is 11.5 Å². The van der Waals surface area contributed by atoms with Crippen molar-refractivity contribution < 1.29 is 4.42 Å². The fourth-order valence-electron chi connectivity index (χ4n) is 5.01. The van der Waals surface area contributed by atoms with E-state index in [4.69, 9.17) is 9.83 Å². The number of hydrogen-bond donors (Lipinski definition) is 3. The van der Waals surface area contributed by atoms with Gasteiger partial charge in [-0.1, -0.05) is 18.2 Å². The molecule has 5 aromatic rings. The van der Waals surface area contributed by atoms with Crippen LogP contribution >= 0.6 is 11.3 Å². The molecule has 0 aliphatic carbocycles. The predicted octanol–water partition coefficient (Wildman–Crippen LogP) is 5.81. The first-order valence-corrected chi connectivity index (χ1v) is 13.5.